The van der Waals surface area contributed by atoms with Gasteiger partial charge in [0.1, 0.15) is 0 Å². The molecule has 2 saturated carbocycles. The highest BCUT2D eigenvalue weighted by Crippen LogP contribution is 2.36. The van der Waals surface area contributed by atoms with Crippen LogP contribution in [0.25, 0.3) is 0 Å². The van der Waals surface area contributed by atoms with Crippen molar-refractivity contribution < 1.29 is 9.84 Å². The molecule has 2 unspecified atom stereocenters. The molecule has 2 atom stereocenters. The highest BCUT2D eigenvalue weighted by molar-refractivity contribution is 4.95. The fraction of sp³-hybridized carbons (Fsp3) is 1.00. The maximum Gasteiger partial charge on any atom is 0.0613 e. The Labute approximate surface area is 92.0 Å². The maximum absolute atomic E-state index is 9.28. The van der Waals surface area contributed by atoms with Gasteiger partial charge in [-0.3, -0.25) is 0 Å². The van der Waals surface area contributed by atoms with E-state index in [1.165, 1.54) is 12.8 Å². The Bertz CT molecular complexity index is 206. The van der Waals surface area contributed by atoms with Crippen molar-refractivity contribution >= 4 is 0 Å². The van der Waals surface area contributed by atoms with E-state index in [2.05, 4.69) is 0 Å². The third kappa shape index (κ3) is 2.92. The van der Waals surface area contributed by atoms with Gasteiger partial charge >= 0.3 is 0 Å². The molecule has 0 bridgehead atoms. The minimum Gasteiger partial charge on any atom is -0.394 e. The van der Waals surface area contributed by atoms with Crippen LogP contribution in [0.3, 0.4) is 0 Å². The first-order chi connectivity index (χ1) is 7.24. The molecule has 0 amide bonds. The molecule has 0 aromatic rings. The van der Waals surface area contributed by atoms with E-state index in [0.29, 0.717) is 5.92 Å². The summed E-state index contributed by atoms with van der Waals surface area (Å²) >= 11 is 0. The van der Waals surface area contributed by atoms with Crippen molar-refractivity contribution in [3.05, 3.63) is 0 Å². The lowest BCUT2D eigenvalue weighted by atomic mass is 9.87. The van der Waals surface area contributed by atoms with E-state index in [4.69, 9.17) is 10.5 Å². The van der Waals surface area contributed by atoms with Crippen LogP contribution in [-0.4, -0.2) is 30.5 Å². The highest BCUT2D eigenvalue weighted by Gasteiger charge is 2.38. The quantitative estimate of drug-likeness (QED) is 0.654. The Morgan fingerprint density at radius 1 is 1.33 bits per heavy atom. The van der Waals surface area contributed by atoms with Crippen LogP contribution >= 0.6 is 0 Å². The first-order valence-corrected chi connectivity index (χ1v) is 6.22. The Hall–Kier alpha value is -0.120. The van der Waals surface area contributed by atoms with Gasteiger partial charge in [0.15, 0.2) is 0 Å². The lowest BCUT2D eigenvalue weighted by Crippen LogP contribution is -2.47. The van der Waals surface area contributed by atoms with E-state index in [1.54, 1.807) is 0 Å². The minimum atomic E-state index is -0.317. The summed E-state index contributed by atoms with van der Waals surface area (Å²) in [6, 6.07) is 0. The van der Waals surface area contributed by atoms with Crippen LogP contribution in [0.5, 0.6) is 0 Å². The average Bonchev–Trinajstić information content (AvgIpc) is 2.99. The fourth-order valence-corrected chi connectivity index (χ4v) is 2.57. The molecule has 0 aromatic heterocycles. The van der Waals surface area contributed by atoms with Gasteiger partial charge in [-0.15, -0.1) is 0 Å². The second-order valence-electron chi connectivity index (χ2n) is 5.29. The topological polar surface area (TPSA) is 55.5 Å². The van der Waals surface area contributed by atoms with Gasteiger partial charge in [0, 0.05) is 18.8 Å². The van der Waals surface area contributed by atoms with E-state index in [0.717, 1.165) is 44.8 Å². The first-order valence-electron chi connectivity index (χ1n) is 6.22. The molecule has 88 valence electrons. The Morgan fingerprint density at radius 3 is 2.80 bits per heavy atom. The SMILES string of the molecule is NC1(CO)CCCC1CCOCC1CC1. The van der Waals surface area contributed by atoms with Crippen LogP contribution in [0.2, 0.25) is 0 Å². The van der Waals surface area contributed by atoms with E-state index in [9.17, 15) is 5.11 Å². The smallest absolute Gasteiger partial charge is 0.0613 e. The van der Waals surface area contributed by atoms with Crippen molar-refractivity contribution in [1.29, 1.82) is 0 Å². The predicted molar refractivity (Wildman–Crippen MR) is 59.5 cm³/mol. The summed E-state index contributed by atoms with van der Waals surface area (Å²) in [5.74, 6) is 1.30. The molecule has 3 N–H and O–H groups in total. The van der Waals surface area contributed by atoms with Gasteiger partial charge in [-0.2, -0.15) is 0 Å². The normalized spacial score (nSPS) is 36.0. The molecule has 2 fully saturated rings. The molecule has 0 spiro atoms. The predicted octanol–water partition coefficient (Wildman–Crippen LogP) is 1.29. The summed E-state index contributed by atoms with van der Waals surface area (Å²) in [7, 11) is 0. The molecule has 0 aliphatic heterocycles. The molecule has 15 heavy (non-hydrogen) atoms. The number of aliphatic hydroxyl groups excluding tert-OH is 1. The molecule has 0 radical (unpaired) electrons. The summed E-state index contributed by atoms with van der Waals surface area (Å²) in [6.45, 7) is 1.88. The number of ether oxygens (including phenoxy) is 1. The third-order valence-electron chi connectivity index (χ3n) is 3.96. The number of hydrogen-bond donors (Lipinski definition) is 2. The Balaban J connectivity index is 1.64. The molecule has 2 aliphatic rings. The van der Waals surface area contributed by atoms with Crippen LogP contribution in [0.4, 0.5) is 0 Å². The number of nitrogens with two attached hydrogens (primary N) is 1. The average molecular weight is 213 g/mol. The largest absolute Gasteiger partial charge is 0.394 e. The zero-order valence-electron chi connectivity index (χ0n) is 9.45. The van der Waals surface area contributed by atoms with Crippen molar-refractivity contribution in [2.24, 2.45) is 17.6 Å². The van der Waals surface area contributed by atoms with E-state index in [1.807, 2.05) is 0 Å². The summed E-state index contributed by atoms with van der Waals surface area (Å²) in [5.41, 5.74) is 5.83. The van der Waals surface area contributed by atoms with Gasteiger partial charge in [0.25, 0.3) is 0 Å². The summed E-state index contributed by atoms with van der Waals surface area (Å²) in [5, 5.41) is 9.28. The highest BCUT2D eigenvalue weighted by atomic mass is 16.5. The Morgan fingerprint density at radius 2 is 2.13 bits per heavy atom. The monoisotopic (exact) mass is 213 g/mol. The summed E-state index contributed by atoms with van der Waals surface area (Å²) < 4.78 is 5.62. The van der Waals surface area contributed by atoms with E-state index >= 15 is 0 Å². The number of hydrogen-bond acceptors (Lipinski definition) is 3. The Kier molecular flexibility index (Phi) is 3.65. The van der Waals surface area contributed by atoms with Crippen LogP contribution < -0.4 is 5.73 Å². The molecular formula is C12H23NO2. The van der Waals surface area contributed by atoms with Gasteiger partial charge in [-0.1, -0.05) is 6.42 Å². The molecule has 0 heterocycles. The fourth-order valence-electron chi connectivity index (χ4n) is 2.57. The molecule has 0 aromatic carbocycles. The molecule has 2 rings (SSSR count). The summed E-state index contributed by atoms with van der Waals surface area (Å²) in [6.07, 6.45) is 7.00. The lowest BCUT2D eigenvalue weighted by Gasteiger charge is -2.29. The van der Waals surface area contributed by atoms with Crippen molar-refractivity contribution in [3.8, 4) is 0 Å². The second-order valence-corrected chi connectivity index (χ2v) is 5.29. The van der Waals surface area contributed by atoms with Crippen LogP contribution in [-0.2, 0) is 4.74 Å². The van der Waals surface area contributed by atoms with Gasteiger partial charge in [-0.25, -0.2) is 0 Å². The number of aliphatic hydroxyl groups is 1. The molecule has 2 aliphatic carbocycles. The molecule has 3 heteroatoms. The standard InChI is InChI=1S/C12H23NO2/c13-12(9-14)6-1-2-11(12)5-7-15-8-10-3-4-10/h10-11,14H,1-9,13H2. The molecular weight excluding hydrogens is 190 g/mol. The van der Waals surface area contributed by atoms with Gasteiger partial charge in [-0.05, 0) is 43.9 Å². The zero-order chi connectivity index (χ0) is 10.7. The van der Waals surface area contributed by atoms with Gasteiger partial charge in [0.2, 0.25) is 0 Å². The first kappa shape index (κ1) is 11.4. The second kappa shape index (κ2) is 4.81. The molecule has 3 nitrogen and oxygen atoms in total. The third-order valence-corrected chi connectivity index (χ3v) is 3.96. The van der Waals surface area contributed by atoms with E-state index < -0.39 is 0 Å². The van der Waals surface area contributed by atoms with Gasteiger partial charge in [0.05, 0.1) is 6.61 Å². The minimum absolute atomic E-state index is 0.125. The van der Waals surface area contributed by atoms with Crippen molar-refractivity contribution in [3.63, 3.8) is 0 Å². The lowest BCUT2D eigenvalue weighted by molar-refractivity contribution is 0.0887. The maximum atomic E-state index is 9.28. The van der Waals surface area contributed by atoms with E-state index in [-0.39, 0.29) is 12.1 Å². The molecule has 0 saturated heterocycles. The van der Waals surface area contributed by atoms with Crippen molar-refractivity contribution in [2.75, 3.05) is 19.8 Å². The van der Waals surface area contributed by atoms with Crippen LogP contribution in [0, 0.1) is 11.8 Å². The van der Waals surface area contributed by atoms with Crippen molar-refractivity contribution in [2.45, 2.75) is 44.1 Å². The zero-order valence-corrected chi connectivity index (χ0v) is 9.45. The number of rotatable bonds is 6. The van der Waals surface area contributed by atoms with Crippen LogP contribution in [0.1, 0.15) is 38.5 Å². The van der Waals surface area contributed by atoms with Gasteiger partial charge < -0.3 is 15.6 Å². The van der Waals surface area contributed by atoms with Crippen LogP contribution in [0.15, 0.2) is 0 Å². The summed E-state index contributed by atoms with van der Waals surface area (Å²) in [4.78, 5) is 0. The van der Waals surface area contributed by atoms with Crippen molar-refractivity contribution in [1.82, 2.24) is 0 Å².